The predicted molar refractivity (Wildman–Crippen MR) is 92.1 cm³/mol. The van der Waals surface area contributed by atoms with Crippen LogP contribution in [0.1, 0.15) is 56.9 Å². The van der Waals surface area contributed by atoms with E-state index in [1.54, 1.807) is 0 Å². The van der Waals surface area contributed by atoms with E-state index in [0.29, 0.717) is 12.5 Å². The fraction of sp³-hybridized carbons (Fsp3) is 0.700. The quantitative estimate of drug-likeness (QED) is 0.859. The predicted octanol–water partition coefficient (Wildman–Crippen LogP) is 3.98. The Morgan fingerprint density at radius 2 is 1.64 bits per heavy atom. The third-order valence-corrected chi connectivity index (χ3v) is 6.09. The van der Waals surface area contributed by atoms with Crippen molar-refractivity contribution in [2.45, 2.75) is 56.8 Å². The molecular weight excluding hydrogens is 270 g/mol. The molecule has 122 valence electrons. The Balaban J connectivity index is 1.78. The summed E-state index contributed by atoms with van der Waals surface area (Å²) < 4.78 is 0. The first-order valence-corrected chi connectivity index (χ1v) is 9.24. The Hall–Kier alpha value is -0.860. The highest BCUT2D eigenvalue weighted by Gasteiger charge is 2.41. The molecule has 2 heteroatoms. The van der Waals surface area contributed by atoms with Crippen LogP contribution in [-0.2, 0) is 5.41 Å². The number of likely N-dealkylation sites (tertiary alicyclic amines) is 1. The molecule has 2 aliphatic rings. The van der Waals surface area contributed by atoms with Crippen molar-refractivity contribution >= 4 is 0 Å². The Labute approximate surface area is 135 Å². The molecule has 1 heterocycles. The second-order valence-corrected chi connectivity index (χ2v) is 7.31. The molecule has 0 aromatic heterocycles. The number of aliphatic hydroxyl groups excluding tert-OH is 1. The third kappa shape index (κ3) is 3.38. The molecule has 1 aromatic carbocycles. The molecule has 0 bridgehead atoms. The molecule has 22 heavy (non-hydrogen) atoms. The highest BCUT2D eigenvalue weighted by Crippen LogP contribution is 2.44. The first-order valence-electron chi connectivity index (χ1n) is 9.24. The second kappa shape index (κ2) is 7.61. The molecule has 0 unspecified atom stereocenters. The lowest BCUT2D eigenvalue weighted by atomic mass is 9.67. The van der Waals surface area contributed by atoms with E-state index in [9.17, 15) is 5.11 Å². The molecule has 0 spiro atoms. The zero-order valence-electron chi connectivity index (χ0n) is 13.8. The van der Waals surface area contributed by atoms with Gasteiger partial charge >= 0.3 is 0 Å². The van der Waals surface area contributed by atoms with E-state index >= 15 is 0 Å². The number of benzene rings is 1. The van der Waals surface area contributed by atoms with Gasteiger partial charge in [-0.25, -0.2) is 0 Å². The monoisotopic (exact) mass is 301 g/mol. The first kappa shape index (κ1) is 16.0. The van der Waals surface area contributed by atoms with Crippen molar-refractivity contribution in [3.63, 3.8) is 0 Å². The normalized spacial score (nSPS) is 23.5. The zero-order chi connectivity index (χ0) is 15.3. The molecule has 1 atom stereocenters. The Morgan fingerprint density at radius 1 is 0.955 bits per heavy atom. The minimum atomic E-state index is -0.0186. The van der Waals surface area contributed by atoms with Crippen molar-refractivity contribution in [2.24, 2.45) is 5.92 Å². The topological polar surface area (TPSA) is 23.5 Å². The van der Waals surface area contributed by atoms with Crippen molar-refractivity contribution in [1.82, 2.24) is 4.90 Å². The van der Waals surface area contributed by atoms with Gasteiger partial charge in [0.05, 0.1) is 6.61 Å². The number of piperidine rings is 1. The molecule has 1 saturated carbocycles. The van der Waals surface area contributed by atoms with Crippen LogP contribution in [0.3, 0.4) is 0 Å². The maximum absolute atomic E-state index is 10.4. The summed E-state index contributed by atoms with van der Waals surface area (Å²) in [7, 11) is 0. The molecule has 1 aromatic rings. The molecule has 1 aliphatic carbocycles. The summed E-state index contributed by atoms with van der Waals surface area (Å²) in [4.78, 5) is 2.62. The lowest BCUT2D eigenvalue weighted by Gasteiger charge is -2.40. The Bertz CT molecular complexity index is 434. The third-order valence-electron chi connectivity index (χ3n) is 6.09. The van der Waals surface area contributed by atoms with Gasteiger partial charge in [0, 0.05) is 5.41 Å². The van der Waals surface area contributed by atoms with E-state index in [4.69, 9.17) is 0 Å². The summed E-state index contributed by atoms with van der Waals surface area (Å²) in [5.41, 5.74) is 1.34. The van der Waals surface area contributed by atoms with Gasteiger partial charge in [-0.3, -0.25) is 0 Å². The molecule has 2 fully saturated rings. The zero-order valence-corrected chi connectivity index (χ0v) is 13.8. The lowest BCUT2D eigenvalue weighted by Crippen LogP contribution is -2.42. The van der Waals surface area contributed by atoms with Crippen molar-refractivity contribution in [1.29, 1.82) is 0 Å². The van der Waals surface area contributed by atoms with Crippen LogP contribution in [-0.4, -0.2) is 36.2 Å². The van der Waals surface area contributed by atoms with E-state index in [0.717, 1.165) is 13.0 Å². The SMILES string of the molecule is OC[C@@](CCN1CCCCC1)(c1ccccc1)C1CCCC1. The average molecular weight is 301 g/mol. The van der Waals surface area contributed by atoms with Gasteiger partial charge < -0.3 is 10.0 Å². The molecule has 1 N–H and O–H groups in total. The van der Waals surface area contributed by atoms with Crippen molar-refractivity contribution in [2.75, 3.05) is 26.2 Å². The van der Waals surface area contributed by atoms with Gasteiger partial charge in [0.25, 0.3) is 0 Å². The van der Waals surface area contributed by atoms with Crippen LogP contribution in [0.25, 0.3) is 0 Å². The van der Waals surface area contributed by atoms with E-state index < -0.39 is 0 Å². The largest absolute Gasteiger partial charge is 0.395 e. The summed E-state index contributed by atoms with van der Waals surface area (Å²) >= 11 is 0. The van der Waals surface area contributed by atoms with Gasteiger partial charge in [-0.05, 0) is 63.2 Å². The van der Waals surface area contributed by atoms with E-state index in [2.05, 4.69) is 35.2 Å². The molecule has 2 nitrogen and oxygen atoms in total. The van der Waals surface area contributed by atoms with Crippen LogP contribution in [0, 0.1) is 5.92 Å². The molecule has 1 aliphatic heterocycles. The van der Waals surface area contributed by atoms with E-state index in [1.807, 2.05) is 0 Å². The molecule has 3 rings (SSSR count). The van der Waals surface area contributed by atoms with Gasteiger partial charge in [-0.1, -0.05) is 49.6 Å². The van der Waals surface area contributed by atoms with Crippen LogP contribution in [0.15, 0.2) is 30.3 Å². The summed E-state index contributed by atoms with van der Waals surface area (Å²) in [6.45, 7) is 3.95. The van der Waals surface area contributed by atoms with Gasteiger partial charge in [0.1, 0.15) is 0 Å². The minimum absolute atomic E-state index is 0.0186. The van der Waals surface area contributed by atoms with Crippen LogP contribution < -0.4 is 0 Å². The summed E-state index contributed by atoms with van der Waals surface area (Å²) in [5.74, 6) is 0.657. The molecule has 1 saturated heterocycles. The highest BCUT2D eigenvalue weighted by atomic mass is 16.3. The van der Waals surface area contributed by atoms with Gasteiger partial charge in [-0.2, -0.15) is 0 Å². The maximum atomic E-state index is 10.4. The van der Waals surface area contributed by atoms with E-state index in [-0.39, 0.29) is 5.41 Å². The number of nitrogens with zero attached hydrogens (tertiary/aromatic N) is 1. The number of hydrogen-bond donors (Lipinski definition) is 1. The van der Waals surface area contributed by atoms with Gasteiger partial charge in [-0.15, -0.1) is 0 Å². The average Bonchev–Trinajstić information content (AvgIpc) is 3.13. The summed E-state index contributed by atoms with van der Waals surface area (Å²) in [5, 5.41) is 10.4. The van der Waals surface area contributed by atoms with Gasteiger partial charge in [0.2, 0.25) is 0 Å². The first-order chi connectivity index (χ1) is 10.8. The summed E-state index contributed by atoms with van der Waals surface area (Å²) in [6.07, 6.45) is 10.4. The lowest BCUT2D eigenvalue weighted by molar-refractivity contribution is 0.105. The van der Waals surface area contributed by atoms with E-state index in [1.165, 1.54) is 63.6 Å². The Morgan fingerprint density at radius 3 is 2.27 bits per heavy atom. The number of aliphatic hydroxyl groups is 1. The van der Waals surface area contributed by atoms with Crippen molar-refractivity contribution in [3.05, 3.63) is 35.9 Å². The Kier molecular flexibility index (Phi) is 5.54. The van der Waals surface area contributed by atoms with Crippen LogP contribution in [0.4, 0.5) is 0 Å². The standard InChI is InChI=1S/C20H31NO/c22-17-20(19-11-5-6-12-19,18-9-3-1-4-10-18)13-16-21-14-7-2-8-15-21/h1,3-4,9-10,19,22H,2,5-8,11-17H2/t20-/m0/s1. The van der Waals surface area contributed by atoms with Crippen molar-refractivity contribution in [3.8, 4) is 0 Å². The molecular formula is C20H31NO. The second-order valence-electron chi connectivity index (χ2n) is 7.31. The van der Waals surface area contributed by atoms with Crippen LogP contribution in [0.5, 0.6) is 0 Å². The van der Waals surface area contributed by atoms with Crippen LogP contribution in [0.2, 0.25) is 0 Å². The molecule has 0 radical (unpaired) electrons. The molecule has 0 amide bonds. The highest BCUT2D eigenvalue weighted by molar-refractivity contribution is 5.27. The number of rotatable bonds is 6. The van der Waals surface area contributed by atoms with Gasteiger partial charge in [0.15, 0.2) is 0 Å². The summed E-state index contributed by atoms with van der Waals surface area (Å²) in [6, 6.07) is 10.8. The van der Waals surface area contributed by atoms with Crippen LogP contribution >= 0.6 is 0 Å². The maximum Gasteiger partial charge on any atom is 0.0531 e. The minimum Gasteiger partial charge on any atom is -0.395 e. The number of hydrogen-bond acceptors (Lipinski definition) is 2. The fourth-order valence-corrected chi connectivity index (χ4v) is 4.67. The van der Waals surface area contributed by atoms with Crippen molar-refractivity contribution < 1.29 is 5.11 Å². The fourth-order valence-electron chi connectivity index (χ4n) is 4.67. The smallest absolute Gasteiger partial charge is 0.0531 e.